The van der Waals surface area contributed by atoms with Crippen LogP contribution in [0.15, 0.2) is 36.4 Å². The Morgan fingerprint density at radius 2 is 1.33 bits per heavy atom. The topological polar surface area (TPSA) is 75.2 Å². The number of hydrogen-bond acceptors (Lipinski definition) is 4. The van der Waals surface area contributed by atoms with Crippen molar-refractivity contribution in [3.8, 4) is 36.2 Å². The molecule has 2 rings (SSSR count). The van der Waals surface area contributed by atoms with Gasteiger partial charge in [-0.15, -0.1) is 18.8 Å². The van der Waals surface area contributed by atoms with Crippen molar-refractivity contribution in [2.75, 3.05) is 26.3 Å². The average molecular weight is 629 g/mol. The summed E-state index contributed by atoms with van der Waals surface area (Å²) >= 11 is 23.5. The van der Waals surface area contributed by atoms with Gasteiger partial charge in [0.05, 0.1) is 29.8 Å². The highest BCUT2D eigenvalue weighted by Crippen LogP contribution is 2.28. The minimum Gasteiger partial charge on any atom is -0.542 e. The Bertz CT molecular complexity index is 1010. The molecule has 0 heterocycles. The Balaban J connectivity index is 0.000000600. The second-order valence-electron chi connectivity index (χ2n) is 7.49. The second-order valence-corrected chi connectivity index (χ2v) is 9.17. The zero-order valence-corrected chi connectivity index (χ0v) is 23.9. The van der Waals surface area contributed by atoms with Crippen LogP contribution in [0.5, 0.6) is 11.5 Å². The van der Waals surface area contributed by atoms with E-state index in [0.717, 1.165) is 38.6 Å². The maximum absolute atomic E-state index is 10.5. The molecule has 39 heavy (non-hydrogen) atoms. The van der Waals surface area contributed by atoms with Gasteiger partial charge in [-0.1, -0.05) is 46.4 Å². The van der Waals surface area contributed by atoms with Crippen LogP contribution in [0.25, 0.3) is 0 Å². The molecule has 0 aliphatic carbocycles. The van der Waals surface area contributed by atoms with Crippen molar-refractivity contribution in [2.24, 2.45) is 0 Å². The Kier molecular flexibility index (Phi) is 20.0. The molecule has 0 amide bonds. The molecule has 0 spiro atoms. The predicted octanol–water partition coefficient (Wildman–Crippen LogP) is 5.82. The molecule has 12 heteroatoms. The molecule has 0 atom stereocenters. The number of carboxylic acids is 1. The third-order valence-corrected chi connectivity index (χ3v) is 5.38. The van der Waals surface area contributed by atoms with Crippen LogP contribution in [0, 0.1) is 24.7 Å². The van der Waals surface area contributed by atoms with E-state index in [9.17, 15) is 13.2 Å². The maximum Gasteiger partial charge on any atom is 0.430 e. The van der Waals surface area contributed by atoms with Crippen LogP contribution >= 0.6 is 46.4 Å². The number of terminal acetylenes is 2. The molecular formula is C27H28Cl4F3NO4. The molecule has 0 radical (unpaired) electrons. The van der Waals surface area contributed by atoms with E-state index in [1.807, 2.05) is 0 Å². The highest BCUT2D eigenvalue weighted by Gasteiger charge is 2.28. The molecular weight excluding hydrogens is 601 g/mol. The number of benzene rings is 2. The van der Waals surface area contributed by atoms with Crippen LogP contribution in [-0.4, -0.2) is 38.4 Å². The van der Waals surface area contributed by atoms with Gasteiger partial charge in [0, 0.05) is 22.9 Å². The zero-order valence-electron chi connectivity index (χ0n) is 20.8. The minimum absolute atomic E-state index is 0.542. The fraction of sp³-hybridized carbons (Fsp3) is 0.370. The maximum atomic E-state index is 10.5. The van der Waals surface area contributed by atoms with Gasteiger partial charge >= 0.3 is 6.18 Å². The lowest BCUT2D eigenvalue weighted by molar-refractivity contribution is -0.644. The van der Waals surface area contributed by atoms with E-state index in [1.54, 1.807) is 36.4 Å². The van der Waals surface area contributed by atoms with Crippen molar-refractivity contribution in [3.63, 3.8) is 0 Å². The van der Waals surface area contributed by atoms with Gasteiger partial charge in [-0.2, -0.15) is 13.2 Å². The van der Waals surface area contributed by atoms with Gasteiger partial charge in [0.2, 0.25) is 0 Å². The number of halogens is 7. The molecule has 0 bridgehead atoms. The van der Waals surface area contributed by atoms with Crippen LogP contribution < -0.4 is 19.9 Å². The van der Waals surface area contributed by atoms with Crippen molar-refractivity contribution in [1.82, 2.24) is 0 Å². The first kappa shape index (κ1) is 36.5. The summed E-state index contributed by atoms with van der Waals surface area (Å²) in [5.41, 5.74) is 0. The first-order chi connectivity index (χ1) is 18.4. The standard InChI is InChI=1S/C13H14Cl2O.C12H13Cl2NO.C2HF3O2/c1-2-3-4-5-6-9-16-13-8-7-11(14)10-12(13)15;1-2-6-15-7-3-8-16-12-5-4-10(13)9-11(12)14;3-2(4,5)1(6)7/h1,7-8,10H,3-6,9H2;1,4-5,9,15H,3,6-8H2;(H,6,7). The Labute approximate surface area is 246 Å². The van der Waals surface area contributed by atoms with Gasteiger partial charge in [-0.3, -0.25) is 0 Å². The van der Waals surface area contributed by atoms with Gasteiger partial charge in [0.1, 0.15) is 24.0 Å². The predicted molar refractivity (Wildman–Crippen MR) is 147 cm³/mol. The first-order valence-corrected chi connectivity index (χ1v) is 13.1. The molecule has 0 aliphatic rings. The van der Waals surface area contributed by atoms with Gasteiger partial charge in [-0.25, -0.2) is 0 Å². The molecule has 5 nitrogen and oxygen atoms in total. The zero-order chi connectivity index (χ0) is 29.7. The van der Waals surface area contributed by atoms with E-state index < -0.39 is 12.1 Å². The summed E-state index contributed by atoms with van der Waals surface area (Å²) in [4.78, 5) is 8.78. The molecule has 2 aromatic rings. The molecule has 0 saturated heterocycles. The van der Waals surface area contributed by atoms with Gasteiger partial charge in [0.25, 0.3) is 0 Å². The van der Waals surface area contributed by atoms with Crippen molar-refractivity contribution in [3.05, 3.63) is 56.5 Å². The van der Waals surface area contributed by atoms with E-state index >= 15 is 0 Å². The van der Waals surface area contributed by atoms with Crippen LogP contribution in [-0.2, 0) is 4.79 Å². The van der Waals surface area contributed by atoms with Crippen LogP contribution in [0.1, 0.15) is 32.1 Å². The molecule has 0 aromatic heterocycles. The summed E-state index contributed by atoms with van der Waals surface area (Å²) in [6, 6.07) is 10.4. The fourth-order valence-electron chi connectivity index (χ4n) is 2.47. The summed E-state index contributed by atoms with van der Waals surface area (Å²) < 4.78 is 42.6. The Morgan fingerprint density at radius 1 is 0.846 bits per heavy atom. The third-order valence-electron chi connectivity index (χ3n) is 4.31. The van der Waals surface area contributed by atoms with Crippen molar-refractivity contribution < 1.29 is 37.9 Å². The summed E-state index contributed by atoms with van der Waals surface area (Å²) in [5.74, 6) is 3.52. The summed E-state index contributed by atoms with van der Waals surface area (Å²) in [5, 5.41) is 13.2. The summed E-state index contributed by atoms with van der Waals surface area (Å²) in [7, 11) is 0. The van der Waals surface area contributed by atoms with Crippen molar-refractivity contribution in [2.45, 2.75) is 38.3 Å². The molecule has 2 aromatic carbocycles. The van der Waals surface area contributed by atoms with E-state index in [0.29, 0.717) is 51.3 Å². The number of aliphatic carboxylic acids is 1. The number of carbonyl (C=O) groups is 1. The van der Waals surface area contributed by atoms with Gasteiger partial charge < -0.3 is 24.7 Å². The molecule has 0 aliphatic heterocycles. The number of carboxylic acid groups (broad SMARTS) is 1. The largest absolute Gasteiger partial charge is 0.542 e. The van der Waals surface area contributed by atoms with Crippen LogP contribution in [0.2, 0.25) is 20.1 Å². The number of ether oxygens (including phenoxy) is 2. The molecule has 2 N–H and O–H groups in total. The molecule has 214 valence electrons. The number of alkyl halides is 3. The van der Waals surface area contributed by atoms with E-state index in [2.05, 4.69) is 17.2 Å². The highest BCUT2D eigenvalue weighted by molar-refractivity contribution is 6.36. The normalized spacial score (nSPS) is 10.1. The second kappa shape index (κ2) is 21.4. The summed E-state index contributed by atoms with van der Waals surface area (Å²) in [6.07, 6.45) is 9.97. The van der Waals surface area contributed by atoms with Crippen LogP contribution in [0.4, 0.5) is 13.2 Å². The SMILES string of the molecule is C#CCCCCCOc1ccc(Cl)cc1Cl.C#CC[NH2+]CCCOc1ccc(Cl)cc1Cl.O=C([O-])C(F)(F)F. The monoisotopic (exact) mass is 627 g/mol. The van der Waals surface area contributed by atoms with E-state index in [-0.39, 0.29) is 0 Å². The quantitative estimate of drug-likeness (QED) is 0.237. The van der Waals surface area contributed by atoms with E-state index in [1.165, 1.54) is 0 Å². The lowest BCUT2D eigenvalue weighted by Gasteiger charge is -2.07. The highest BCUT2D eigenvalue weighted by atomic mass is 35.5. The molecule has 0 unspecified atom stereocenters. The van der Waals surface area contributed by atoms with Crippen LogP contribution in [0.3, 0.4) is 0 Å². The first-order valence-electron chi connectivity index (χ1n) is 11.5. The number of carbonyl (C=O) groups excluding carboxylic acids is 1. The van der Waals surface area contributed by atoms with E-state index in [4.69, 9.17) is 78.6 Å². The average Bonchev–Trinajstić information content (AvgIpc) is 2.86. The smallest absolute Gasteiger partial charge is 0.430 e. The minimum atomic E-state index is -5.19. The number of unbranched alkanes of at least 4 members (excludes halogenated alkanes) is 3. The van der Waals surface area contributed by atoms with Gasteiger partial charge in [-0.05, 0) is 61.6 Å². The lowest BCUT2D eigenvalue weighted by atomic mass is 10.2. The summed E-state index contributed by atoms with van der Waals surface area (Å²) in [6.45, 7) is 2.95. The van der Waals surface area contributed by atoms with Crippen molar-refractivity contribution >= 4 is 52.4 Å². The fourth-order valence-corrected chi connectivity index (χ4v) is 3.39. The number of rotatable bonds is 12. The lowest BCUT2D eigenvalue weighted by Crippen LogP contribution is -2.84. The van der Waals surface area contributed by atoms with Gasteiger partial charge in [0.15, 0.2) is 0 Å². The molecule has 0 fully saturated rings. The Hall–Kier alpha value is -2.46. The number of nitrogens with two attached hydrogens (primary N) is 1. The Morgan fingerprint density at radius 3 is 1.74 bits per heavy atom. The van der Waals surface area contributed by atoms with Crippen molar-refractivity contribution in [1.29, 1.82) is 0 Å². The number of quaternary nitrogens is 1. The number of hydrogen-bond donors (Lipinski definition) is 1. The molecule has 0 saturated carbocycles. The third kappa shape index (κ3) is 19.3.